The molecule has 0 atom stereocenters. The van der Waals surface area contributed by atoms with Gasteiger partial charge in [-0.15, -0.1) is 0 Å². The fraction of sp³-hybridized carbons (Fsp3) is 0.182. The van der Waals surface area contributed by atoms with Gasteiger partial charge in [-0.05, 0) is 19.1 Å². The van der Waals surface area contributed by atoms with Crippen LogP contribution in [0.1, 0.15) is 17.4 Å². The molecule has 0 aliphatic rings. The normalized spacial score (nSPS) is 10.6. The molecule has 0 spiro atoms. The maximum Gasteiger partial charge on any atom is 0.354 e. The Morgan fingerprint density at radius 3 is 2.94 bits per heavy atom. The number of phenolic OH excluding ortho intramolecular Hbond substituents is 1. The lowest BCUT2D eigenvalue weighted by Gasteiger charge is -1.97. The minimum atomic E-state index is -0.422. The van der Waals surface area contributed by atoms with Crippen LogP contribution in [0.25, 0.3) is 10.9 Å². The maximum atomic E-state index is 11.4. The molecule has 0 radical (unpaired) electrons. The van der Waals surface area contributed by atoms with Gasteiger partial charge < -0.3 is 14.8 Å². The second-order valence-corrected chi connectivity index (χ2v) is 3.70. The average molecular weight is 240 g/mol. The smallest absolute Gasteiger partial charge is 0.354 e. The molecule has 4 nitrogen and oxygen atoms in total. The summed E-state index contributed by atoms with van der Waals surface area (Å²) >= 11 is 5.76. The second kappa shape index (κ2) is 4.06. The van der Waals surface area contributed by atoms with E-state index < -0.39 is 5.97 Å². The first-order valence-electron chi connectivity index (χ1n) is 4.80. The van der Waals surface area contributed by atoms with Gasteiger partial charge in [-0.3, -0.25) is 0 Å². The summed E-state index contributed by atoms with van der Waals surface area (Å²) in [5.41, 5.74) is 0.989. The highest BCUT2D eigenvalue weighted by Gasteiger charge is 2.11. The number of aromatic amines is 1. The van der Waals surface area contributed by atoms with Crippen molar-refractivity contribution in [2.75, 3.05) is 6.61 Å². The van der Waals surface area contributed by atoms with Crippen LogP contribution in [0.3, 0.4) is 0 Å². The van der Waals surface area contributed by atoms with E-state index in [2.05, 4.69) is 4.98 Å². The topological polar surface area (TPSA) is 62.3 Å². The zero-order valence-corrected chi connectivity index (χ0v) is 9.34. The van der Waals surface area contributed by atoms with Crippen LogP contribution in [-0.4, -0.2) is 22.7 Å². The Kier molecular flexibility index (Phi) is 2.75. The number of halogens is 1. The van der Waals surface area contributed by atoms with Gasteiger partial charge in [0.05, 0.1) is 11.6 Å². The highest BCUT2D eigenvalue weighted by molar-refractivity contribution is 6.32. The molecule has 0 aliphatic heterocycles. The van der Waals surface area contributed by atoms with Crippen molar-refractivity contribution in [3.63, 3.8) is 0 Å². The molecular formula is C11H10ClNO3. The van der Waals surface area contributed by atoms with E-state index in [0.717, 1.165) is 5.39 Å². The summed E-state index contributed by atoms with van der Waals surface area (Å²) in [4.78, 5) is 14.3. The van der Waals surface area contributed by atoms with Crippen LogP contribution < -0.4 is 0 Å². The van der Waals surface area contributed by atoms with E-state index in [1.807, 2.05) is 0 Å². The van der Waals surface area contributed by atoms with Gasteiger partial charge in [0.1, 0.15) is 11.4 Å². The minimum Gasteiger partial charge on any atom is -0.506 e. The maximum absolute atomic E-state index is 11.4. The molecule has 1 aromatic heterocycles. The Balaban J connectivity index is 2.48. The molecular weight excluding hydrogens is 230 g/mol. The number of carbonyl (C=O) groups is 1. The molecule has 0 fully saturated rings. The molecule has 1 aromatic carbocycles. The third-order valence-corrected chi connectivity index (χ3v) is 2.49. The first kappa shape index (κ1) is 10.8. The Labute approximate surface area is 96.8 Å². The number of ether oxygens (including phenoxy) is 1. The molecule has 2 aromatic rings. The Morgan fingerprint density at radius 2 is 2.25 bits per heavy atom. The predicted molar refractivity (Wildman–Crippen MR) is 60.9 cm³/mol. The summed E-state index contributed by atoms with van der Waals surface area (Å²) in [5, 5.41) is 10.4. The van der Waals surface area contributed by atoms with Gasteiger partial charge >= 0.3 is 5.97 Å². The van der Waals surface area contributed by atoms with Gasteiger partial charge in [0, 0.05) is 17.0 Å². The summed E-state index contributed by atoms with van der Waals surface area (Å²) in [6.07, 6.45) is 0. The molecule has 2 N–H and O–H groups in total. The molecule has 0 amide bonds. The highest BCUT2D eigenvalue weighted by Crippen LogP contribution is 2.29. The first-order valence-corrected chi connectivity index (χ1v) is 5.18. The SMILES string of the molecule is CCOC(=O)c1cc2cc(Cl)c(O)cc2[nH]1. The van der Waals surface area contributed by atoms with Crippen molar-refractivity contribution in [2.24, 2.45) is 0 Å². The second-order valence-electron chi connectivity index (χ2n) is 3.29. The Morgan fingerprint density at radius 1 is 1.50 bits per heavy atom. The van der Waals surface area contributed by atoms with Crippen molar-refractivity contribution in [1.29, 1.82) is 0 Å². The summed E-state index contributed by atoms with van der Waals surface area (Å²) in [6, 6.07) is 4.70. The lowest BCUT2D eigenvalue weighted by atomic mass is 10.2. The highest BCUT2D eigenvalue weighted by atomic mass is 35.5. The number of rotatable bonds is 2. The molecule has 5 heteroatoms. The summed E-state index contributed by atoms with van der Waals surface area (Å²) < 4.78 is 4.85. The molecule has 0 saturated heterocycles. The number of fused-ring (bicyclic) bond motifs is 1. The first-order chi connectivity index (χ1) is 7.61. The van der Waals surface area contributed by atoms with Crippen LogP contribution in [-0.2, 0) is 4.74 Å². The van der Waals surface area contributed by atoms with Crippen molar-refractivity contribution in [1.82, 2.24) is 4.98 Å². The largest absolute Gasteiger partial charge is 0.506 e. The summed E-state index contributed by atoms with van der Waals surface area (Å²) in [7, 11) is 0. The molecule has 2 rings (SSSR count). The van der Waals surface area contributed by atoms with Gasteiger partial charge in [-0.2, -0.15) is 0 Å². The van der Waals surface area contributed by atoms with Gasteiger partial charge in [0.2, 0.25) is 0 Å². The monoisotopic (exact) mass is 239 g/mol. The number of H-pyrrole nitrogens is 1. The molecule has 16 heavy (non-hydrogen) atoms. The number of aromatic hydroxyl groups is 1. The van der Waals surface area contributed by atoms with Crippen molar-refractivity contribution < 1.29 is 14.6 Å². The van der Waals surface area contributed by atoms with Crippen LogP contribution in [0.2, 0.25) is 5.02 Å². The Bertz CT molecular complexity index is 508. The lowest BCUT2D eigenvalue weighted by molar-refractivity contribution is 0.0520. The van der Waals surface area contributed by atoms with Gasteiger partial charge in [0.15, 0.2) is 0 Å². The van der Waals surface area contributed by atoms with Crippen LogP contribution in [0.15, 0.2) is 18.2 Å². The third kappa shape index (κ3) is 1.84. The molecule has 84 valence electrons. The van der Waals surface area contributed by atoms with Crippen LogP contribution in [0.5, 0.6) is 5.75 Å². The van der Waals surface area contributed by atoms with Gasteiger partial charge in [-0.1, -0.05) is 11.6 Å². The standard InChI is InChI=1S/C11H10ClNO3/c1-2-16-11(15)9-4-6-3-7(12)10(14)5-8(6)13-9/h3-5,13-14H,2H2,1H3. The Hall–Kier alpha value is -1.68. The number of hydrogen-bond donors (Lipinski definition) is 2. The number of nitrogens with one attached hydrogen (secondary N) is 1. The van der Waals surface area contributed by atoms with E-state index in [0.29, 0.717) is 17.8 Å². The minimum absolute atomic E-state index is 0.0218. The van der Waals surface area contributed by atoms with E-state index in [1.165, 1.54) is 6.07 Å². The lowest BCUT2D eigenvalue weighted by Crippen LogP contribution is -2.04. The fourth-order valence-electron chi connectivity index (χ4n) is 1.46. The number of phenols is 1. The number of benzene rings is 1. The van der Waals surface area contributed by atoms with E-state index in [1.54, 1.807) is 19.1 Å². The molecule has 0 unspecified atom stereocenters. The van der Waals surface area contributed by atoms with E-state index in [-0.39, 0.29) is 10.8 Å². The molecule has 1 heterocycles. The summed E-state index contributed by atoms with van der Waals surface area (Å²) in [6.45, 7) is 2.06. The zero-order valence-electron chi connectivity index (χ0n) is 8.58. The number of aromatic nitrogens is 1. The summed E-state index contributed by atoms with van der Waals surface area (Å²) in [5.74, 6) is -0.444. The van der Waals surface area contributed by atoms with Crippen molar-refractivity contribution in [2.45, 2.75) is 6.92 Å². The van der Waals surface area contributed by atoms with Crippen LogP contribution in [0.4, 0.5) is 0 Å². The van der Waals surface area contributed by atoms with Crippen molar-refractivity contribution in [3.8, 4) is 5.75 Å². The van der Waals surface area contributed by atoms with Crippen LogP contribution >= 0.6 is 11.6 Å². The van der Waals surface area contributed by atoms with E-state index >= 15 is 0 Å². The number of esters is 1. The van der Waals surface area contributed by atoms with Gasteiger partial charge in [0.25, 0.3) is 0 Å². The van der Waals surface area contributed by atoms with Crippen LogP contribution in [0, 0.1) is 0 Å². The van der Waals surface area contributed by atoms with Crippen molar-refractivity contribution >= 4 is 28.5 Å². The van der Waals surface area contributed by atoms with Gasteiger partial charge in [-0.25, -0.2) is 4.79 Å². The van der Waals surface area contributed by atoms with E-state index in [9.17, 15) is 9.90 Å². The third-order valence-electron chi connectivity index (χ3n) is 2.18. The number of carbonyl (C=O) groups excluding carboxylic acids is 1. The quantitative estimate of drug-likeness (QED) is 0.792. The van der Waals surface area contributed by atoms with E-state index in [4.69, 9.17) is 16.3 Å². The number of hydrogen-bond acceptors (Lipinski definition) is 3. The molecule has 0 saturated carbocycles. The zero-order chi connectivity index (χ0) is 11.7. The predicted octanol–water partition coefficient (Wildman–Crippen LogP) is 2.70. The average Bonchev–Trinajstić information content (AvgIpc) is 2.62. The molecule has 0 bridgehead atoms. The molecule has 0 aliphatic carbocycles. The fourth-order valence-corrected chi connectivity index (χ4v) is 1.63. The van der Waals surface area contributed by atoms with Crippen molar-refractivity contribution in [3.05, 3.63) is 28.9 Å².